The summed E-state index contributed by atoms with van der Waals surface area (Å²) in [5, 5.41) is 3.50. The highest BCUT2D eigenvalue weighted by Gasteiger charge is 2.29. The number of nitrogens with one attached hydrogen (secondary N) is 1. The summed E-state index contributed by atoms with van der Waals surface area (Å²) < 4.78 is 5.42. The van der Waals surface area contributed by atoms with Gasteiger partial charge < -0.3 is 15.0 Å². The van der Waals surface area contributed by atoms with Crippen LogP contribution in [-0.2, 0) is 11.2 Å². The molecule has 0 spiro atoms. The van der Waals surface area contributed by atoms with Gasteiger partial charge in [0.05, 0.1) is 0 Å². The van der Waals surface area contributed by atoms with Crippen molar-refractivity contribution >= 4 is 6.09 Å². The van der Waals surface area contributed by atoms with E-state index in [0.29, 0.717) is 5.92 Å². The van der Waals surface area contributed by atoms with E-state index in [0.717, 1.165) is 39.0 Å². The SMILES string of the molecule is CC(C)(C)OC(=O)N1CCC(CNCCc2ccccc2)C1. The molecule has 1 aromatic rings. The molecule has 0 saturated carbocycles. The van der Waals surface area contributed by atoms with Crippen molar-refractivity contribution in [1.82, 2.24) is 10.2 Å². The fraction of sp³-hybridized carbons (Fsp3) is 0.611. The van der Waals surface area contributed by atoms with E-state index in [-0.39, 0.29) is 6.09 Å². The van der Waals surface area contributed by atoms with Crippen molar-refractivity contribution in [1.29, 1.82) is 0 Å². The first-order chi connectivity index (χ1) is 10.4. The van der Waals surface area contributed by atoms with Gasteiger partial charge in [-0.05, 0) is 58.2 Å². The van der Waals surface area contributed by atoms with Crippen molar-refractivity contribution in [2.24, 2.45) is 5.92 Å². The first kappa shape index (κ1) is 16.8. The molecule has 1 amide bonds. The van der Waals surface area contributed by atoms with Gasteiger partial charge in [0.25, 0.3) is 0 Å². The Morgan fingerprint density at radius 2 is 2.05 bits per heavy atom. The Bertz CT molecular complexity index is 468. The maximum absolute atomic E-state index is 12.0. The van der Waals surface area contributed by atoms with Gasteiger partial charge in [-0.1, -0.05) is 30.3 Å². The van der Waals surface area contributed by atoms with Crippen LogP contribution < -0.4 is 5.32 Å². The second kappa shape index (κ2) is 7.63. The summed E-state index contributed by atoms with van der Waals surface area (Å²) in [6.07, 6.45) is 1.92. The molecule has 1 aliphatic heterocycles. The van der Waals surface area contributed by atoms with Crippen LogP contribution in [0.2, 0.25) is 0 Å². The van der Waals surface area contributed by atoms with Gasteiger partial charge in [-0.3, -0.25) is 0 Å². The average Bonchev–Trinajstić information content (AvgIpc) is 2.92. The van der Waals surface area contributed by atoms with Crippen LogP contribution in [-0.4, -0.2) is 42.8 Å². The molecule has 22 heavy (non-hydrogen) atoms. The summed E-state index contributed by atoms with van der Waals surface area (Å²) in [6, 6.07) is 10.5. The lowest BCUT2D eigenvalue weighted by Gasteiger charge is -2.24. The molecule has 1 atom stereocenters. The normalized spacial score (nSPS) is 18.5. The third kappa shape index (κ3) is 5.68. The third-order valence-electron chi connectivity index (χ3n) is 3.80. The Labute approximate surface area is 133 Å². The summed E-state index contributed by atoms with van der Waals surface area (Å²) in [6.45, 7) is 9.27. The molecule has 0 radical (unpaired) electrons. The number of hydrogen-bond donors (Lipinski definition) is 1. The minimum absolute atomic E-state index is 0.181. The van der Waals surface area contributed by atoms with Crippen molar-refractivity contribution in [3.05, 3.63) is 35.9 Å². The van der Waals surface area contributed by atoms with E-state index in [9.17, 15) is 4.79 Å². The minimum atomic E-state index is -0.414. The molecule has 1 unspecified atom stereocenters. The Morgan fingerprint density at radius 3 is 2.73 bits per heavy atom. The highest BCUT2D eigenvalue weighted by atomic mass is 16.6. The fourth-order valence-corrected chi connectivity index (χ4v) is 2.68. The monoisotopic (exact) mass is 304 g/mol. The quantitative estimate of drug-likeness (QED) is 0.850. The number of nitrogens with zero attached hydrogens (tertiary/aromatic N) is 1. The van der Waals surface area contributed by atoms with Crippen molar-refractivity contribution in [2.45, 2.75) is 39.2 Å². The van der Waals surface area contributed by atoms with Crippen LogP contribution in [0.4, 0.5) is 4.79 Å². The molecule has 4 heteroatoms. The number of carbonyl (C=O) groups excluding carboxylic acids is 1. The lowest BCUT2D eigenvalue weighted by atomic mass is 10.1. The molecule has 2 rings (SSSR count). The van der Waals surface area contributed by atoms with Gasteiger partial charge >= 0.3 is 6.09 Å². The van der Waals surface area contributed by atoms with Crippen molar-refractivity contribution in [3.8, 4) is 0 Å². The fourth-order valence-electron chi connectivity index (χ4n) is 2.68. The molecule has 1 N–H and O–H groups in total. The van der Waals surface area contributed by atoms with Crippen LogP contribution in [0.5, 0.6) is 0 Å². The molecule has 1 saturated heterocycles. The van der Waals surface area contributed by atoms with Crippen LogP contribution in [0.15, 0.2) is 30.3 Å². The number of amides is 1. The van der Waals surface area contributed by atoms with E-state index in [1.807, 2.05) is 31.7 Å². The first-order valence-electron chi connectivity index (χ1n) is 8.16. The molecular weight excluding hydrogens is 276 g/mol. The third-order valence-corrected chi connectivity index (χ3v) is 3.80. The summed E-state index contributed by atoms with van der Waals surface area (Å²) in [4.78, 5) is 13.8. The standard InChI is InChI=1S/C18H28N2O2/c1-18(2,3)22-17(21)20-12-10-16(14-20)13-19-11-9-15-7-5-4-6-8-15/h4-8,16,19H,9-14H2,1-3H3. The van der Waals surface area contributed by atoms with Crippen LogP contribution in [0.3, 0.4) is 0 Å². The zero-order valence-electron chi connectivity index (χ0n) is 14.0. The van der Waals surface area contributed by atoms with Crippen LogP contribution in [0.25, 0.3) is 0 Å². The molecule has 122 valence electrons. The van der Waals surface area contributed by atoms with Gasteiger partial charge in [-0.25, -0.2) is 4.79 Å². The second-order valence-electron chi connectivity index (χ2n) is 7.02. The Hall–Kier alpha value is -1.55. The predicted octanol–water partition coefficient (Wildman–Crippen LogP) is 3.08. The maximum Gasteiger partial charge on any atom is 0.410 e. The highest BCUT2D eigenvalue weighted by Crippen LogP contribution is 2.18. The molecule has 1 aliphatic rings. The van der Waals surface area contributed by atoms with Crippen molar-refractivity contribution in [3.63, 3.8) is 0 Å². The summed E-state index contributed by atoms with van der Waals surface area (Å²) in [7, 11) is 0. The molecular formula is C18H28N2O2. The Morgan fingerprint density at radius 1 is 1.32 bits per heavy atom. The predicted molar refractivity (Wildman–Crippen MR) is 88.9 cm³/mol. The molecule has 1 aromatic carbocycles. The van der Waals surface area contributed by atoms with Gasteiger partial charge in [0.15, 0.2) is 0 Å². The number of benzene rings is 1. The van der Waals surface area contributed by atoms with Gasteiger partial charge in [0.2, 0.25) is 0 Å². The molecule has 0 aliphatic carbocycles. The highest BCUT2D eigenvalue weighted by molar-refractivity contribution is 5.68. The first-order valence-corrected chi connectivity index (χ1v) is 8.16. The van der Waals surface area contributed by atoms with Crippen LogP contribution >= 0.6 is 0 Å². The summed E-state index contributed by atoms with van der Waals surface area (Å²) in [5.74, 6) is 0.531. The lowest BCUT2D eigenvalue weighted by Crippen LogP contribution is -2.36. The van der Waals surface area contributed by atoms with Gasteiger partial charge in [-0.15, -0.1) is 0 Å². The largest absolute Gasteiger partial charge is 0.444 e. The van der Waals surface area contributed by atoms with E-state index in [2.05, 4.69) is 29.6 Å². The van der Waals surface area contributed by atoms with E-state index in [1.54, 1.807) is 0 Å². The van der Waals surface area contributed by atoms with Crippen molar-refractivity contribution in [2.75, 3.05) is 26.2 Å². The maximum atomic E-state index is 12.0. The molecule has 0 aromatic heterocycles. The van der Waals surface area contributed by atoms with E-state index >= 15 is 0 Å². The lowest BCUT2D eigenvalue weighted by molar-refractivity contribution is 0.0288. The molecule has 4 nitrogen and oxygen atoms in total. The molecule has 0 bridgehead atoms. The zero-order valence-corrected chi connectivity index (χ0v) is 14.0. The Balaban J connectivity index is 1.63. The van der Waals surface area contributed by atoms with Crippen molar-refractivity contribution < 1.29 is 9.53 Å². The molecule has 1 heterocycles. The van der Waals surface area contributed by atoms with E-state index < -0.39 is 5.60 Å². The number of carbonyl (C=O) groups is 1. The number of ether oxygens (including phenoxy) is 1. The minimum Gasteiger partial charge on any atom is -0.444 e. The van der Waals surface area contributed by atoms with Gasteiger partial charge in [0, 0.05) is 13.1 Å². The average molecular weight is 304 g/mol. The van der Waals surface area contributed by atoms with Crippen LogP contribution in [0, 0.1) is 5.92 Å². The van der Waals surface area contributed by atoms with Gasteiger partial charge in [0.1, 0.15) is 5.60 Å². The van der Waals surface area contributed by atoms with E-state index in [4.69, 9.17) is 4.74 Å². The molecule has 1 fully saturated rings. The Kier molecular flexibility index (Phi) is 5.83. The van der Waals surface area contributed by atoms with Gasteiger partial charge in [-0.2, -0.15) is 0 Å². The number of likely N-dealkylation sites (tertiary alicyclic amines) is 1. The summed E-state index contributed by atoms with van der Waals surface area (Å²) in [5.41, 5.74) is 0.945. The smallest absolute Gasteiger partial charge is 0.410 e. The van der Waals surface area contributed by atoms with E-state index in [1.165, 1.54) is 5.56 Å². The second-order valence-corrected chi connectivity index (χ2v) is 7.02. The van der Waals surface area contributed by atoms with Crippen LogP contribution in [0.1, 0.15) is 32.8 Å². The number of hydrogen-bond acceptors (Lipinski definition) is 3. The summed E-state index contributed by atoms with van der Waals surface area (Å²) >= 11 is 0. The zero-order chi connectivity index (χ0) is 16.0. The number of rotatable bonds is 5. The topological polar surface area (TPSA) is 41.6 Å².